The largest absolute Gasteiger partial charge is 0.493 e. The third-order valence-electron chi connectivity index (χ3n) is 6.30. The van der Waals surface area contributed by atoms with Gasteiger partial charge in [-0.15, -0.1) is 0 Å². The smallest absolute Gasteiger partial charge is 0.161 e. The molecule has 1 unspecified atom stereocenters. The fourth-order valence-corrected chi connectivity index (χ4v) is 4.97. The van der Waals surface area contributed by atoms with Crippen molar-refractivity contribution in [1.82, 2.24) is 9.80 Å². The topological polar surface area (TPSA) is 45.2 Å². The van der Waals surface area contributed by atoms with Gasteiger partial charge in [0.1, 0.15) is 6.61 Å². The highest BCUT2D eigenvalue weighted by molar-refractivity contribution is 5.43. The lowest BCUT2D eigenvalue weighted by molar-refractivity contribution is 0.161. The van der Waals surface area contributed by atoms with Crippen LogP contribution in [0.1, 0.15) is 31.2 Å². The molecule has 2 saturated heterocycles. The van der Waals surface area contributed by atoms with Crippen LogP contribution in [0.2, 0.25) is 0 Å². The minimum Gasteiger partial charge on any atom is -0.493 e. The highest BCUT2D eigenvalue weighted by Crippen LogP contribution is 2.39. The number of aliphatic hydroxyl groups excluding tert-OH is 1. The van der Waals surface area contributed by atoms with E-state index in [1.54, 1.807) is 7.11 Å². The van der Waals surface area contributed by atoms with E-state index in [4.69, 9.17) is 9.47 Å². The van der Waals surface area contributed by atoms with Crippen molar-refractivity contribution in [3.63, 3.8) is 0 Å². The third-order valence-corrected chi connectivity index (χ3v) is 6.30. The second kappa shape index (κ2) is 8.15. The van der Waals surface area contributed by atoms with Gasteiger partial charge in [0.2, 0.25) is 0 Å². The average Bonchev–Trinajstić information content (AvgIpc) is 3.33. The number of hydrogen-bond acceptors (Lipinski definition) is 5. The molecule has 0 aromatic heterocycles. The van der Waals surface area contributed by atoms with E-state index in [0.29, 0.717) is 18.4 Å². The van der Waals surface area contributed by atoms with Gasteiger partial charge in [-0.2, -0.15) is 0 Å². The Morgan fingerprint density at radius 1 is 1.04 bits per heavy atom. The molecule has 26 heavy (non-hydrogen) atoms. The summed E-state index contributed by atoms with van der Waals surface area (Å²) in [5.74, 6) is 3.04. The molecule has 3 fully saturated rings. The molecule has 1 aromatic carbocycles. The highest BCUT2D eigenvalue weighted by atomic mass is 16.5. The summed E-state index contributed by atoms with van der Waals surface area (Å²) < 4.78 is 11.6. The van der Waals surface area contributed by atoms with Gasteiger partial charge < -0.3 is 14.6 Å². The SMILES string of the molecule is COc1cc(CN2C[C@H]3CC(O)C[C@H]3C2)ccc1OCCN1CCCC1. The number of methoxy groups -OCH3 is 1. The molecule has 3 atom stereocenters. The number of ether oxygens (including phenoxy) is 2. The zero-order valence-electron chi connectivity index (χ0n) is 15.9. The summed E-state index contributed by atoms with van der Waals surface area (Å²) >= 11 is 0. The van der Waals surface area contributed by atoms with Gasteiger partial charge in [-0.1, -0.05) is 6.07 Å². The number of nitrogens with zero attached hydrogens (tertiary/aromatic N) is 2. The minimum atomic E-state index is -0.0655. The summed E-state index contributed by atoms with van der Waals surface area (Å²) in [6, 6.07) is 6.34. The van der Waals surface area contributed by atoms with Crippen LogP contribution < -0.4 is 9.47 Å². The summed E-state index contributed by atoms with van der Waals surface area (Å²) in [4.78, 5) is 4.98. The fourth-order valence-electron chi connectivity index (χ4n) is 4.97. The second-order valence-corrected chi connectivity index (χ2v) is 8.22. The number of hydrogen-bond donors (Lipinski definition) is 1. The van der Waals surface area contributed by atoms with Crippen molar-refractivity contribution < 1.29 is 14.6 Å². The van der Waals surface area contributed by atoms with Gasteiger partial charge in [0.15, 0.2) is 11.5 Å². The van der Waals surface area contributed by atoms with Crippen molar-refractivity contribution in [2.45, 2.75) is 38.3 Å². The standard InChI is InChI=1S/C21H32N2O3/c1-25-21-10-16(13-23-14-17-11-19(24)12-18(17)15-23)4-5-20(21)26-9-8-22-6-2-3-7-22/h4-5,10,17-19,24H,2-3,6-9,11-15H2,1H3/t17-,18+,19?. The van der Waals surface area contributed by atoms with Crippen molar-refractivity contribution in [3.8, 4) is 11.5 Å². The molecule has 5 heteroatoms. The molecule has 4 rings (SSSR count). The number of rotatable bonds is 7. The molecule has 0 radical (unpaired) electrons. The lowest BCUT2D eigenvalue weighted by Crippen LogP contribution is -2.25. The molecule has 1 aliphatic carbocycles. The Bertz CT molecular complexity index is 589. The van der Waals surface area contributed by atoms with Gasteiger partial charge in [0, 0.05) is 26.2 Å². The summed E-state index contributed by atoms with van der Waals surface area (Å²) in [6.07, 6.45) is 4.52. The van der Waals surface area contributed by atoms with Crippen LogP contribution in [0, 0.1) is 11.8 Å². The summed E-state index contributed by atoms with van der Waals surface area (Å²) in [5, 5.41) is 9.80. The van der Waals surface area contributed by atoms with Crippen LogP contribution in [0.15, 0.2) is 18.2 Å². The van der Waals surface area contributed by atoms with Crippen LogP contribution >= 0.6 is 0 Å². The first-order valence-corrected chi connectivity index (χ1v) is 10.1. The van der Waals surface area contributed by atoms with E-state index < -0.39 is 0 Å². The molecule has 0 amide bonds. The molecule has 1 aromatic rings. The van der Waals surface area contributed by atoms with Crippen LogP contribution in [0.5, 0.6) is 11.5 Å². The lowest BCUT2D eigenvalue weighted by atomic mass is 10.0. The van der Waals surface area contributed by atoms with E-state index in [9.17, 15) is 5.11 Å². The molecule has 2 aliphatic heterocycles. The Morgan fingerprint density at radius 2 is 1.77 bits per heavy atom. The molecule has 0 spiro atoms. The number of benzene rings is 1. The fraction of sp³-hybridized carbons (Fsp3) is 0.714. The second-order valence-electron chi connectivity index (χ2n) is 8.22. The number of aliphatic hydroxyl groups is 1. The van der Waals surface area contributed by atoms with Gasteiger partial charge in [-0.3, -0.25) is 9.80 Å². The predicted molar refractivity (Wildman–Crippen MR) is 102 cm³/mol. The molecule has 1 saturated carbocycles. The Morgan fingerprint density at radius 3 is 2.46 bits per heavy atom. The van der Waals surface area contributed by atoms with Crippen LogP contribution in [-0.2, 0) is 6.54 Å². The zero-order valence-corrected chi connectivity index (χ0v) is 15.9. The van der Waals surface area contributed by atoms with E-state index in [0.717, 1.165) is 50.5 Å². The van der Waals surface area contributed by atoms with E-state index in [1.807, 2.05) is 0 Å². The van der Waals surface area contributed by atoms with E-state index in [1.165, 1.54) is 31.5 Å². The quantitative estimate of drug-likeness (QED) is 0.809. The molecule has 144 valence electrons. The normalized spacial score (nSPS) is 29.2. The molecule has 2 heterocycles. The van der Waals surface area contributed by atoms with E-state index in [-0.39, 0.29) is 6.10 Å². The summed E-state index contributed by atoms with van der Waals surface area (Å²) in [5.41, 5.74) is 1.27. The Balaban J connectivity index is 1.30. The van der Waals surface area contributed by atoms with Crippen molar-refractivity contribution in [1.29, 1.82) is 0 Å². The molecule has 1 N–H and O–H groups in total. The predicted octanol–water partition coefficient (Wildman–Crippen LogP) is 2.37. The molecule has 0 bridgehead atoms. The summed E-state index contributed by atoms with van der Waals surface area (Å²) in [6.45, 7) is 7.28. The Hall–Kier alpha value is -1.30. The lowest BCUT2D eigenvalue weighted by Gasteiger charge is -2.19. The maximum atomic E-state index is 9.80. The van der Waals surface area contributed by atoms with E-state index in [2.05, 4.69) is 28.0 Å². The van der Waals surface area contributed by atoms with Gasteiger partial charge in [0.25, 0.3) is 0 Å². The summed E-state index contributed by atoms with van der Waals surface area (Å²) in [7, 11) is 1.72. The first-order valence-electron chi connectivity index (χ1n) is 10.1. The van der Waals surface area contributed by atoms with Crippen molar-refractivity contribution in [2.24, 2.45) is 11.8 Å². The first kappa shape index (κ1) is 18.1. The molecule has 3 aliphatic rings. The molecular weight excluding hydrogens is 328 g/mol. The minimum absolute atomic E-state index is 0.0655. The maximum absolute atomic E-state index is 9.80. The van der Waals surface area contributed by atoms with Gasteiger partial charge >= 0.3 is 0 Å². The maximum Gasteiger partial charge on any atom is 0.161 e. The number of fused-ring (bicyclic) bond motifs is 1. The zero-order chi connectivity index (χ0) is 17.9. The Kier molecular flexibility index (Phi) is 5.67. The monoisotopic (exact) mass is 360 g/mol. The van der Waals surface area contributed by atoms with Gasteiger partial charge in [0.05, 0.1) is 13.2 Å². The first-order chi connectivity index (χ1) is 12.7. The van der Waals surface area contributed by atoms with Crippen molar-refractivity contribution in [2.75, 3.05) is 46.4 Å². The van der Waals surface area contributed by atoms with E-state index >= 15 is 0 Å². The number of likely N-dealkylation sites (tertiary alicyclic amines) is 2. The van der Waals surface area contributed by atoms with Crippen molar-refractivity contribution >= 4 is 0 Å². The third kappa shape index (κ3) is 4.16. The van der Waals surface area contributed by atoms with Gasteiger partial charge in [-0.25, -0.2) is 0 Å². The molecular formula is C21H32N2O3. The van der Waals surface area contributed by atoms with Gasteiger partial charge in [-0.05, 0) is 68.3 Å². The van der Waals surface area contributed by atoms with Crippen LogP contribution in [0.25, 0.3) is 0 Å². The van der Waals surface area contributed by atoms with Crippen LogP contribution in [0.4, 0.5) is 0 Å². The van der Waals surface area contributed by atoms with Crippen molar-refractivity contribution in [3.05, 3.63) is 23.8 Å². The van der Waals surface area contributed by atoms with Crippen LogP contribution in [-0.4, -0.2) is 67.5 Å². The molecule has 5 nitrogen and oxygen atoms in total. The van der Waals surface area contributed by atoms with Crippen LogP contribution in [0.3, 0.4) is 0 Å². The average molecular weight is 360 g/mol. The highest BCUT2D eigenvalue weighted by Gasteiger charge is 2.39. The Labute approximate surface area is 156 Å².